The van der Waals surface area contributed by atoms with Crippen LogP contribution in [0.15, 0.2) is 48.6 Å². The first-order valence-corrected chi connectivity index (χ1v) is 73.3. The monoisotopic (exact) mass is 1770 g/mol. The average Bonchev–Trinajstić information content (AvgIpc) is 0.817. The molecule has 8 unspecified atom stereocenters. The van der Waals surface area contributed by atoms with E-state index in [0.29, 0.717) is 88.4 Å². The van der Waals surface area contributed by atoms with Crippen LogP contribution in [0.3, 0.4) is 0 Å². The molecule has 0 radical (unpaired) electrons. The van der Waals surface area contributed by atoms with E-state index >= 15 is 0 Å². The maximum Gasteiger partial charge on any atom is 0.333 e. The lowest BCUT2D eigenvalue weighted by atomic mass is 10.1. The molecule has 0 aliphatic heterocycles. The fourth-order valence-electron chi connectivity index (χ4n) is 11.3. The molecule has 8 atom stereocenters. The molecule has 111 heavy (non-hydrogen) atoms. The van der Waals surface area contributed by atoms with Crippen LogP contribution in [0.4, 0.5) is 0 Å². The topological polar surface area (TPSA) is 326 Å². The minimum Gasteiger partial charge on any atom is -0.460 e. The quantitative estimate of drug-likeness (QED) is 0.00943. The van der Waals surface area contributed by atoms with Crippen LogP contribution in [0, 0.1) is 0 Å². The SMILES string of the molecule is C=C(C)C(=O)CCC(O)COCCC[Si](C)(OC(COCCC[Si](C)(O[Si](C)(C)C)O[Si](C)(C)C)COC(=O)C(=C)C)O[Si](C)(C)C.C=C(C)C(=O)OCC(O)COCCCC(C)(O[Si](C)(C)C)O[Si](C)(CCCOCC(O)COC(=O)C(=C)C)O[Si](C)(C)C.C[Si](C)(C)O[Si](C)(CCCOCC(O)CO)O[Si](C)(C)C. The largest absolute Gasteiger partial charge is 0.460 e. The highest BCUT2D eigenvalue weighted by Gasteiger charge is 2.46. The number of carbonyl (C=O) groups excluding carboxylic acids is 4. The summed E-state index contributed by atoms with van der Waals surface area (Å²) in [5.74, 6) is -2.51. The van der Waals surface area contributed by atoms with Gasteiger partial charge in [-0.2, -0.15) is 0 Å². The van der Waals surface area contributed by atoms with Crippen molar-refractivity contribution in [1.29, 1.82) is 0 Å². The number of Topliss-reactive ketones (excluding diaryl/α,β-unsaturated/α-hetero) is 1. The predicted octanol–water partition coefficient (Wildman–Crippen LogP) is 14.5. The Labute approximate surface area is 683 Å². The number of ketones is 1. The van der Waals surface area contributed by atoms with E-state index < -0.39 is 147 Å². The molecule has 37 heteroatoms. The molecule has 0 aromatic rings. The van der Waals surface area contributed by atoms with Gasteiger partial charge < -0.3 is 101 Å². The number of aliphatic hydroxyl groups is 5. The van der Waals surface area contributed by atoms with Crippen LogP contribution in [0.5, 0.6) is 0 Å². The summed E-state index contributed by atoms with van der Waals surface area (Å²) in [5.41, 5.74) is 1.36. The zero-order valence-corrected chi connectivity index (χ0v) is 85.9. The van der Waals surface area contributed by atoms with Crippen LogP contribution in [-0.2, 0) is 95.0 Å². The zero-order valence-electron chi connectivity index (χ0n) is 74.9. The third kappa shape index (κ3) is 68.2. The van der Waals surface area contributed by atoms with E-state index in [2.05, 4.69) is 183 Å². The van der Waals surface area contributed by atoms with Crippen LogP contribution in [0.25, 0.3) is 0 Å². The molecule has 0 aliphatic rings. The van der Waals surface area contributed by atoms with E-state index in [4.69, 9.17) is 81.0 Å². The lowest BCUT2D eigenvalue weighted by Crippen LogP contribution is -2.55. The lowest BCUT2D eigenvalue weighted by Gasteiger charge is -2.44. The second kappa shape index (κ2) is 54.0. The van der Waals surface area contributed by atoms with Gasteiger partial charge in [0.05, 0.1) is 45.7 Å². The van der Waals surface area contributed by atoms with E-state index in [0.717, 1.165) is 24.9 Å². The number of esters is 3. The van der Waals surface area contributed by atoms with Gasteiger partial charge in [0.2, 0.25) is 0 Å². The molecule has 0 fully saturated rings. The van der Waals surface area contributed by atoms with Crippen molar-refractivity contribution >= 4 is 116 Å². The Hall–Kier alpha value is -1.33. The zero-order chi connectivity index (χ0) is 86.9. The summed E-state index contributed by atoms with van der Waals surface area (Å²) in [4.78, 5) is 47.0. The Morgan fingerprint density at radius 1 is 0.342 bits per heavy atom. The highest BCUT2D eigenvalue weighted by Crippen LogP contribution is 2.34. The van der Waals surface area contributed by atoms with Gasteiger partial charge in [-0.3, -0.25) is 4.79 Å². The number of allylic oxidation sites excluding steroid dienone is 1. The normalized spacial score (nSPS) is 15.8. The van der Waals surface area contributed by atoms with Gasteiger partial charge in [-0.15, -0.1) is 0 Å². The molecule has 26 nitrogen and oxygen atoms in total. The second-order valence-electron chi connectivity index (χ2n) is 36.6. The molecule has 0 bridgehead atoms. The molecule has 0 amide bonds. The van der Waals surface area contributed by atoms with Gasteiger partial charge in [0.15, 0.2) is 64.0 Å². The molecule has 0 spiro atoms. The predicted molar refractivity (Wildman–Crippen MR) is 470 cm³/mol. The van der Waals surface area contributed by atoms with Gasteiger partial charge in [-0.1, -0.05) is 26.3 Å². The molecular weight excluding hydrogens is 1610 g/mol. The molecule has 0 saturated heterocycles. The number of hydrogen-bond donors (Lipinski definition) is 5. The average molecular weight is 1780 g/mol. The Balaban J connectivity index is -0.00000168. The van der Waals surface area contributed by atoms with Gasteiger partial charge in [0, 0.05) is 62.6 Å². The van der Waals surface area contributed by atoms with Crippen molar-refractivity contribution in [3.8, 4) is 0 Å². The molecule has 0 aromatic heterocycles. The standard InChI is InChI=1S/C32H68O10Si5.C29H58O11Si3.C13H34O5Si3/c1-27(2)31(34)19-18-29(33)24-36-20-16-22-46(14,40-43(5,6)7)39-30(26-38-32(35)28(3)4)25-37-21-17-23-47(15,41-44(8,9)10)42-45(11,12)13;1-23(2)27(32)36-21-25(30)19-34-16-13-15-29(5,38-41(6,7)8)39-43(12,40-42(9,10)11)18-14-17-35-20-26(31)22-37-28(33)24(3)4;1-19(2,3)17-21(7,18-20(4,5)6)10-8-9-16-12-13(15)11-14/h29-30,33H,1,3,16-26H2,2,4-15H3;25-26,30-31H,1,3,13-22H2,2,4-12H3;13-15H,8-12H2,1-7H3. The Kier molecular flexibility index (Phi) is 55.4. The van der Waals surface area contributed by atoms with Crippen LogP contribution < -0.4 is 0 Å². The second-order valence-corrected chi connectivity index (χ2v) is 82.8. The third-order valence-electron chi connectivity index (χ3n) is 14.3. The van der Waals surface area contributed by atoms with Gasteiger partial charge >= 0.3 is 52.2 Å². The fraction of sp³-hybridized carbons (Fsp3) is 0.838. The maximum atomic E-state index is 12.3. The summed E-state index contributed by atoms with van der Waals surface area (Å²) in [7, 11) is -22.9. The number of ether oxygens (including phenoxy) is 8. The van der Waals surface area contributed by atoms with E-state index in [1.807, 2.05) is 13.5 Å². The summed E-state index contributed by atoms with van der Waals surface area (Å²) in [5, 5.41) is 48.2. The van der Waals surface area contributed by atoms with Crippen LogP contribution in [0.1, 0.15) is 86.0 Å². The maximum absolute atomic E-state index is 12.3. The molecular formula is C74H160O26Si11. The van der Waals surface area contributed by atoms with Crippen molar-refractivity contribution < 1.29 is 121 Å². The summed E-state index contributed by atoms with van der Waals surface area (Å²) in [6.45, 7) is 78.9. The molecule has 5 N–H and O–H groups in total. The smallest absolute Gasteiger partial charge is 0.333 e. The molecule has 0 aliphatic carbocycles. The van der Waals surface area contributed by atoms with E-state index in [-0.39, 0.29) is 82.8 Å². The molecule has 0 heterocycles. The number of rotatable bonds is 62. The van der Waals surface area contributed by atoms with Crippen LogP contribution in [0.2, 0.25) is 188 Å². The van der Waals surface area contributed by atoms with Gasteiger partial charge in [-0.05, 0) is 267 Å². The summed E-state index contributed by atoms with van der Waals surface area (Å²) < 4.78 is 103. The first-order chi connectivity index (χ1) is 50.2. The van der Waals surface area contributed by atoms with Crippen molar-refractivity contribution in [1.82, 2.24) is 0 Å². The summed E-state index contributed by atoms with van der Waals surface area (Å²) >= 11 is 0. The molecule has 0 aromatic carbocycles. The minimum atomic E-state index is -2.77. The fourth-order valence-corrected chi connectivity index (χ4v) is 53.0. The van der Waals surface area contributed by atoms with Crippen molar-refractivity contribution in [3.63, 3.8) is 0 Å². The van der Waals surface area contributed by atoms with Crippen molar-refractivity contribution in [2.45, 2.75) is 310 Å². The first-order valence-electron chi connectivity index (χ1n) is 39.4. The van der Waals surface area contributed by atoms with E-state index in [1.54, 1.807) is 27.7 Å². The van der Waals surface area contributed by atoms with Gasteiger partial charge in [0.25, 0.3) is 0 Å². The highest BCUT2D eigenvalue weighted by atomic mass is 28.5. The van der Waals surface area contributed by atoms with Gasteiger partial charge in [0.1, 0.15) is 50.0 Å². The van der Waals surface area contributed by atoms with Crippen LogP contribution in [-0.4, -0.2) is 270 Å². The highest BCUT2D eigenvalue weighted by molar-refractivity contribution is 6.89. The van der Waals surface area contributed by atoms with Crippen LogP contribution >= 0.6 is 0 Å². The lowest BCUT2D eigenvalue weighted by molar-refractivity contribution is -0.144. The minimum absolute atomic E-state index is 0.0267. The Morgan fingerprint density at radius 2 is 0.631 bits per heavy atom. The van der Waals surface area contributed by atoms with E-state index in [9.17, 15) is 39.6 Å². The number of hydrogen-bond acceptors (Lipinski definition) is 26. The summed E-state index contributed by atoms with van der Waals surface area (Å²) in [6.07, 6.45) is 0.864. The number of carbonyl (C=O) groups is 4. The van der Waals surface area contributed by atoms with Crippen molar-refractivity contribution in [2.24, 2.45) is 0 Å². The first kappa shape index (κ1) is 114. The third-order valence-corrected chi connectivity index (χ3v) is 47.1. The Bertz CT molecular complexity index is 2590. The van der Waals surface area contributed by atoms with Crippen molar-refractivity contribution in [3.05, 3.63) is 48.6 Å². The molecule has 0 saturated carbocycles. The molecule has 656 valence electrons. The van der Waals surface area contributed by atoms with Gasteiger partial charge in [-0.25, -0.2) is 14.4 Å². The summed E-state index contributed by atoms with van der Waals surface area (Å²) in [6, 6.07) is 3.05. The Morgan fingerprint density at radius 3 is 0.955 bits per heavy atom. The number of aliphatic hydroxyl groups excluding tert-OH is 5. The molecule has 0 rings (SSSR count). The van der Waals surface area contributed by atoms with Crippen molar-refractivity contribution in [2.75, 3.05) is 92.5 Å². The van der Waals surface area contributed by atoms with E-state index in [1.165, 1.54) is 0 Å².